The van der Waals surface area contributed by atoms with E-state index in [1.165, 1.54) is 34.9 Å². The van der Waals surface area contributed by atoms with E-state index in [1.807, 2.05) is 42.5 Å². The standard InChI is InChI=1S/C28H29N3O6S/c1-28(2,3)37-26(35)22-16-38-24(21-13-7-9-17-8-4-5-12-20(17)21)31(22)23(32)15-29-27(36)30-19-11-6-10-18(14-19)25(33)34/h4-14,22,24H,15-16H2,1-3H3,(H,33,34)(H2,29,30,36). The highest BCUT2D eigenvalue weighted by atomic mass is 32.2. The molecular formula is C28H29N3O6S. The molecule has 10 heteroatoms. The summed E-state index contributed by atoms with van der Waals surface area (Å²) in [6.07, 6.45) is 0. The SMILES string of the molecule is CC(C)(C)OC(=O)C1CSC(c2cccc3ccccc23)N1C(=O)CNC(=O)Nc1cccc(C(=O)O)c1. The van der Waals surface area contributed by atoms with E-state index in [1.54, 1.807) is 26.8 Å². The van der Waals surface area contributed by atoms with Gasteiger partial charge in [0.15, 0.2) is 0 Å². The van der Waals surface area contributed by atoms with Gasteiger partial charge in [-0.3, -0.25) is 4.79 Å². The van der Waals surface area contributed by atoms with Gasteiger partial charge in [-0.15, -0.1) is 11.8 Å². The summed E-state index contributed by atoms with van der Waals surface area (Å²) in [5.41, 5.74) is 0.455. The van der Waals surface area contributed by atoms with E-state index in [4.69, 9.17) is 9.84 Å². The minimum atomic E-state index is -1.12. The van der Waals surface area contributed by atoms with Crippen LogP contribution in [0.5, 0.6) is 0 Å². The lowest BCUT2D eigenvalue weighted by Gasteiger charge is -2.31. The molecule has 2 unspecified atom stereocenters. The highest BCUT2D eigenvalue weighted by Crippen LogP contribution is 2.44. The van der Waals surface area contributed by atoms with Crippen LogP contribution in [0.25, 0.3) is 10.8 Å². The van der Waals surface area contributed by atoms with Gasteiger partial charge in [0.05, 0.1) is 12.1 Å². The number of aromatic carboxylic acids is 1. The monoisotopic (exact) mass is 535 g/mol. The molecule has 0 spiro atoms. The molecule has 1 aliphatic rings. The van der Waals surface area contributed by atoms with E-state index < -0.39 is 40.9 Å². The van der Waals surface area contributed by atoms with Gasteiger partial charge in [0.1, 0.15) is 17.0 Å². The summed E-state index contributed by atoms with van der Waals surface area (Å²) in [5.74, 6) is -1.72. The number of nitrogens with one attached hydrogen (secondary N) is 2. The van der Waals surface area contributed by atoms with Crippen LogP contribution in [0.15, 0.2) is 66.7 Å². The maximum Gasteiger partial charge on any atom is 0.335 e. The minimum absolute atomic E-state index is 0.0195. The molecule has 3 aromatic carbocycles. The summed E-state index contributed by atoms with van der Waals surface area (Å²) in [7, 11) is 0. The number of carboxylic acid groups (broad SMARTS) is 1. The van der Waals surface area contributed by atoms with Crippen LogP contribution in [0.4, 0.5) is 10.5 Å². The van der Waals surface area contributed by atoms with Crippen LogP contribution in [0.1, 0.15) is 42.1 Å². The maximum absolute atomic E-state index is 13.5. The molecule has 2 atom stereocenters. The summed E-state index contributed by atoms with van der Waals surface area (Å²) < 4.78 is 5.62. The first-order chi connectivity index (χ1) is 18.0. The van der Waals surface area contributed by atoms with Gasteiger partial charge in [-0.25, -0.2) is 14.4 Å². The number of fused-ring (bicyclic) bond motifs is 1. The summed E-state index contributed by atoms with van der Waals surface area (Å²) in [6, 6.07) is 17.9. The van der Waals surface area contributed by atoms with Crippen molar-refractivity contribution in [3.63, 3.8) is 0 Å². The average molecular weight is 536 g/mol. The van der Waals surface area contributed by atoms with Crippen molar-refractivity contribution in [2.75, 3.05) is 17.6 Å². The Hall–Kier alpha value is -4.05. The topological polar surface area (TPSA) is 125 Å². The van der Waals surface area contributed by atoms with Gasteiger partial charge in [0.2, 0.25) is 5.91 Å². The van der Waals surface area contributed by atoms with Crippen LogP contribution < -0.4 is 10.6 Å². The number of rotatable bonds is 6. The zero-order chi connectivity index (χ0) is 27.4. The number of amides is 3. The number of hydrogen-bond donors (Lipinski definition) is 3. The number of benzene rings is 3. The number of nitrogens with zero attached hydrogens (tertiary/aromatic N) is 1. The molecule has 1 saturated heterocycles. The van der Waals surface area contributed by atoms with Gasteiger partial charge in [0.25, 0.3) is 0 Å². The van der Waals surface area contributed by atoms with Gasteiger partial charge >= 0.3 is 18.0 Å². The summed E-state index contributed by atoms with van der Waals surface area (Å²) >= 11 is 1.47. The Morgan fingerprint density at radius 1 is 1.03 bits per heavy atom. The molecule has 3 N–H and O–H groups in total. The van der Waals surface area contributed by atoms with Crippen LogP contribution in [0, 0.1) is 0 Å². The quantitative estimate of drug-likeness (QED) is 0.393. The first kappa shape index (κ1) is 27.0. The predicted octanol–water partition coefficient (Wildman–Crippen LogP) is 4.64. The fourth-order valence-electron chi connectivity index (χ4n) is 4.22. The second-order valence-corrected chi connectivity index (χ2v) is 10.9. The number of esters is 1. The lowest BCUT2D eigenvalue weighted by molar-refractivity contribution is -0.163. The van der Waals surface area contributed by atoms with E-state index in [0.29, 0.717) is 5.75 Å². The van der Waals surface area contributed by atoms with Gasteiger partial charge in [-0.1, -0.05) is 48.5 Å². The van der Waals surface area contributed by atoms with Gasteiger partial charge in [-0.2, -0.15) is 0 Å². The van der Waals surface area contributed by atoms with Crippen molar-refractivity contribution in [3.8, 4) is 0 Å². The molecule has 0 aliphatic carbocycles. The van der Waals surface area contributed by atoms with Crippen molar-refractivity contribution in [2.24, 2.45) is 0 Å². The second-order valence-electron chi connectivity index (χ2n) is 9.80. The van der Waals surface area contributed by atoms with Crippen molar-refractivity contribution >= 4 is 52.1 Å². The molecule has 0 saturated carbocycles. The summed E-state index contributed by atoms with van der Waals surface area (Å²) in [4.78, 5) is 51.8. The predicted molar refractivity (Wildman–Crippen MR) is 146 cm³/mol. The molecule has 1 fully saturated rings. The van der Waals surface area contributed by atoms with E-state index >= 15 is 0 Å². The fourth-order valence-corrected chi connectivity index (χ4v) is 5.69. The van der Waals surface area contributed by atoms with Crippen molar-refractivity contribution in [1.82, 2.24) is 10.2 Å². The molecule has 3 amide bonds. The Labute approximate surface area is 224 Å². The average Bonchev–Trinajstić information content (AvgIpc) is 3.31. The molecular weight excluding hydrogens is 506 g/mol. The second kappa shape index (κ2) is 11.1. The molecule has 38 heavy (non-hydrogen) atoms. The highest BCUT2D eigenvalue weighted by molar-refractivity contribution is 7.99. The zero-order valence-electron chi connectivity index (χ0n) is 21.3. The van der Waals surface area contributed by atoms with Crippen LogP contribution in [0.3, 0.4) is 0 Å². The molecule has 0 bridgehead atoms. The Morgan fingerprint density at radius 3 is 2.47 bits per heavy atom. The largest absolute Gasteiger partial charge is 0.478 e. The van der Waals surface area contributed by atoms with Crippen LogP contribution in [0.2, 0.25) is 0 Å². The number of carbonyl (C=O) groups is 4. The number of anilines is 1. The van der Waals surface area contributed by atoms with E-state index in [2.05, 4.69) is 10.6 Å². The Bertz CT molecular complexity index is 1380. The molecule has 4 rings (SSSR count). The molecule has 198 valence electrons. The third-order valence-electron chi connectivity index (χ3n) is 5.82. The summed E-state index contributed by atoms with van der Waals surface area (Å²) in [6.45, 7) is 4.94. The maximum atomic E-state index is 13.5. The fraction of sp³-hybridized carbons (Fsp3) is 0.286. The molecule has 9 nitrogen and oxygen atoms in total. The van der Waals surface area contributed by atoms with Crippen molar-refractivity contribution in [2.45, 2.75) is 37.8 Å². The number of ether oxygens (including phenoxy) is 1. The van der Waals surface area contributed by atoms with E-state index in [0.717, 1.165) is 16.3 Å². The van der Waals surface area contributed by atoms with Crippen LogP contribution >= 0.6 is 11.8 Å². The summed E-state index contributed by atoms with van der Waals surface area (Å²) in [5, 5.41) is 15.7. The highest BCUT2D eigenvalue weighted by Gasteiger charge is 2.44. The smallest absolute Gasteiger partial charge is 0.335 e. The minimum Gasteiger partial charge on any atom is -0.478 e. The van der Waals surface area contributed by atoms with Crippen molar-refractivity contribution in [1.29, 1.82) is 0 Å². The molecule has 1 heterocycles. The van der Waals surface area contributed by atoms with Crippen molar-refractivity contribution < 1.29 is 29.0 Å². The van der Waals surface area contributed by atoms with Gasteiger partial charge in [-0.05, 0) is 55.3 Å². The van der Waals surface area contributed by atoms with Gasteiger partial charge < -0.3 is 25.4 Å². The first-order valence-electron chi connectivity index (χ1n) is 12.0. The molecule has 0 aromatic heterocycles. The third kappa shape index (κ3) is 6.25. The van der Waals surface area contributed by atoms with E-state index in [-0.39, 0.29) is 17.8 Å². The van der Waals surface area contributed by atoms with Gasteiger partial charge in [0, 0.05) is 11.4 Å². The number of hydrogen-bond acceptors (Lipinski definition) is 6. The van der Waals surface area contributed by atoms with Crippen LogP contribution in [-0.2, 0) is 14.3 Å². The Balaban J connectivity index is 1.55. The normalized spacial score (nSPS) is 17.2. The molecule has 3 aromatic rings. The molecule has 1 aliphatic heterocycles. The van der Waals surface area contributed by atoms with E-state index in [9.17, 15) is 19.2 Å². The number of urea groups is 1. The lowest BCUT2D eigenvalue weighted by Crippen LogP contribution is -2.49. The zero-order valence-corrected chi connectivity index (χ0v) is 22.1. The Morgan fingerprint density at radius 2 is 1.74 bits per heavy atom. The third-order valence-corrected chi connectivity index (χ3v) is 7.13. The number of thioether (sulfide) groups is 1. The Kier molecular flexibility index (Phi) is 7.91. The van der Waals surface area contributed by atoms with Crippen LogP contribution in [-0.4, -0.2) is 57.8 Å². The molecule has 0 radical (unpaired) electrons. The van der Waals surface area contributed by atoms with Crippen molar-refractivity contribution in [3.05, 3.63) is 77.9 Å². The number of carbonyl (C=O) groups excluding carboxylic acids is 3. The first-order valence-corrected chi connectivity index (χ1v) is 13.1. The lowest BCUT2D eigenvalue weighted by atomic mass is 10.0. The number of carboxylic acids is 1.